The maximum atomic E-state index is 13.4. The smallest absolute Gasteiger partial charge is 0.419 e. The van der Waals surface area contributed by atoms with Crippen molar-refractivity contribution in [2.75, 3.05) is 6.54 Å². The van der Waals surface area contributed by atoms with Crippen molar-refractivity contribution in [3.05, 3.63) is 46.9 Å². The van der Waals surface area contributed by atoms with Crippen molar-refractivity contribution in [1.29, 1.82) is 0 Å². The summed E-state index contributed by atoms with van der Waals surface area (Å²) < 4.78 is 52.1. The maximum Gasteiger partial charge on any atom is 0.419 e. The third-order valence-corrected chi connectivity index (χ3v) is 2.46. The molecule has 0 aliphatic rings. The van der Waals surface area contributed by atoms with Crippen molar-refractivity contribution in [3.8, 4) is 0 Å². The van der Waals surface area contributed by atoms with E-state index in [9.17, 15) is 22.4 Å². The zero-order valence-corrected chi connectivity index (χ0v) is 10.9. The first-order chi connectivity index (χ1) is 9.70. The van der Waals surface area contributed by atoms with Gasteiger partial charge in [0.05, 0.1) is 16.8 Å². The number of carbonyl (C=O) groups is 1. The first kappa shape index (κ1) is 16.7. The van der Waals surface area contributed by atoms with Gasteiger partial charge in [-0.25, -0.2) is 9.18 Å². The molecule has 0 radical (unpaired) electrons. The second kappa shape index (κ2) is 6.38. The van der Waals surface area contributed by atoms with Gasteiger partial charge in [0.15, 0.2) is 0 Å². The van der Waals surface area contributed by atoms with E-state index < -0.39 is 34.8 Å². The fraction of sp³-hybridized carbons (Fsp3) is 0.231. The third kappa shape index (κ3) is 4.04. The van der Waals surface area contributed by atoms with Gasteiger partial charge in [-0.15, -0.1) is 0 Å². The van der Waals surface area contributed by atoms with Crippen LogP contribution in [0, 0.1) is 5.82 Å². The van der Waals surface area contributed by atoms with Crippen LogP contribution in [-0.2, 0) is 0 Å². The number of aromatic carboxylic acids is 1. The molecule has 0 unspecified atom stereocenters. The highest BCUT2D eigenvalue weighted by Gasteiger charge is 2.37. The monoisotopic (exact) mass is 304 g/mol. The van der Waals surface area contributed by atoms with E-state index in [1.807, 2.05) is 0 Å². The molecule has 1 aromatic rings. The minimum absolute atomic E-state index is 0.0122. The predicted octanol–water partition coefficient (Wildman–Crippen LogP) is 2.74. The molecule has 0 saturated heterocycles. The van der Waals surface area contributed by atoms with Crippen LogP contribution >= 0.6 is 0 Å². The number of hydrogen-bond donors (Lipinski definition) is 2. The van der Waals surface area contributed by atoms with Gasteiger partial charge in [-0.3, -0.25) is 4.99 Å². The summed E-state index contributed by atoms with van der Waals surface area (Å²) >= 11 is 0. The Bertz CT molecular complexity index is 607. The number of alkyl halides is 3. The fourth-order valence-electron chi connectivity index (χ4n) is 1.65. The molecule has 0 bridgehead atoms. The van der Waals surface area contributed by atoms with Crippen molar-refractivity contribution < 1.29 is 27.5 Å². The van der Waals surface area contributed by atoms with Crippen LogP contribution in [0.3, 0.4) is 0 Å². The van der Waals surface area contributed by atoms with Gasteiger partial charge >= 0.3 is 12.1 Å². The van der Waals surface area contributed by atoms with Crippen molar-refractivity contribution in [2.24, 2.45) is 10.7 Å². The third-order valence-electron chi connectivity index (χ3n) is 2.46. The Balaban J connectivity index is 3.51. The molecule has 0 amide bonds. The van der Waals surface area contributed by atoms with Crippen LogP contribution in [-0.4, -0.2) is 29.5 Å². The summed E-state index contributed by atoms with van der Waals surface area (Å²) in [5, 5.41) is 8.83. The fourth-order valence-corrected chi connectivity index (χ4v) is 1.65. The molecular formula is C13H12F4N2O2. The molecule has 3 N–H and O–H groups in total. The Kier molecular flexibility index (Phi) is 5.07. The van der Waals surface area contributed by atoms with Crippen LogP contribution in [0.15, 0.2) is 35.0 Å². The molecule has 4 nitrogen and oxygen atoms in total. The van der Waals surface area contributed by atoms with Gasteiger partial charge in [0.2, 0.25) is 0 Å². The second-order valence-electron chi connectivity index (χ2n) is 3.93. The number of carboxylic acids is 1. The topological polar surface area (TPSA) is 75.7 Å². The summed E-state index contributed by atoms with van der Waals surface area (Å²) in [6, 6.07) is 2.39. The zero-order valence-electron chi connectivity index (χ0n) is 10.9. The van der Waals surface area contributed by atoms with Gasteiger partial charge < -0.3 is 10.8 Å². The largest absolute Gasteiger partial charge is 0.478 e. The van der Waals surface area contributed by atoms with Crippen molar-refractivity contribution >= 4 is 11.7 Å². The Morgan fingerprint density at radius 3 is 2.33 bits per heavy atom. The summed E-state index contributed by atoms with van der Waals surface area (Å²) in [7, 11) is 0. The summed E-state index contributed by atoms with van der Waals surface area (Å²) in [6.07, 6.45) is -4.47. The minimum Gasteiger partial charge on any atom is -0.478 e. The number of aliphatic imine (C=N–C) groups is 1. The molecule has 0 saturated carbocycles. The summed E-state index contributed by atoms with van der Waals surface area (Å²) in [4.78, 5) is 14.5. The van der Waals surface area contributed by atoms with Gasteiger partial charge in [0, 0.05) is 18.3 Å². The van der Waals surface area contributed by atoms with Gasteiger partial charge in [0.25, 0.3) is 0 Å². The standard InChI is InChI=1S/C13H12F4N2O2/c1-2-19-11(10(6-18)13(15,16)17)7-3-8(12(20)21)5-9(14)4-7/h3-6H,2,18H2,1H3,(H,20,21)/b10-6+,19-11?. The van der Waals surface area contributed by atoms with Crippen LogP contribution < -0.4 is 5.73 Å². The normalized spacial score (nSPS) is 13.4. The number of hydrogen-bond acceptors (Lipinski definition) is 3. The van der Waals surface area contributed by atoms with E-state index in [-0.39, 0.29) is 12.1 Å². The SMILES string of the molecule is CCN=C(/C(=C\N)C(F)(F)F)c1cc(F)cc(C(=O)O)c1. The number of halogens is 4. The first-order valence-electron chi connectivity index (χ1n) is 5.78. The van der Waals surface area contributed by atoms with Gasteiger partial charge in [-0.1, -0.05) is 0 Å². The molecule has 0 fully saturated rings. The average Bonchev–Trinajstić information content (AvgIpc) is 2.36. The van der Waals surface area contributed by atoms with Crippen molar-refractivity contribution in [2.45, 2.75) is 13.1 Å². The number of benzene rings is 1. The Morgan fingerprint density at radius 2 is 1.90 bits per heavy atom. The van der Waals surface area contributed by atoms with Crippen LogP contribution in [0.5, 0.6) is 0 Å². The number of rotatable bonds is 4. The van der Waals surface area contributed by atoms with Crippen LogP contribution in [0.25, 0.3) is 0 Å². The van der Waals surface area contributed by atoms with Crippen LogP contribution in [0.1, 0.15) is 22.8 Å². The average molecular weight is 304 g/mol. The van der Waals surface area contributed by atoms with Crippen LogP contribution in [0.2, 0.25) is 0 Å². The molecule has 0 aromatic heterocycles. The predicted molar refractivity (Wildman–Crippen MR) is 68.8 cm³/mol. The molecule has 0 atom stereocenters. The molecule has 21 heavy (non-hydrogen) atoms. The van der Waals surface area contributed by atoms with E-state index in [0.29, 0.717) is 12.3 Å². The lowest BCUT2D eigenvalue weighted by Gasteiger charge is -2.14. The van der Waals surface area contributed by atoms with Crippen molar-refractivity contribution in [1.82, 2.24) is 0 Å². The lowest BCUT2D eigenvalue weighted by atomic mass is 10.00. The molecule has 0 heterocycles. The maximum absolute atomic E-state index is 13.4. The number of nitrogens with two attached hydrogens (primary N) is 1. The minimum atomic E-state index is -4.79. The van der Waals surface area contributed by atoms with E-state index >= 15 is 0 Å². The molecule has 0 aliphatic carbocycles. The van der Waals surface area contributed by atoms with Gasteiger partial charge in [0.1, 0.15) is 5.82 Å². The van der Waals surface area contributed by atoms with Gasteiger partial charge in [-0.2, -0.15) is 13.2 Å². The summed E-state index contributed by atoms with van der Waals surface area (Å²) in [5.74, 6) is -2.44. The lowest BCUT2D eigenvalue weighted by Crippen LogP contribution is -2.23. The Labute approximate surface area is 117 Å². The molecule has 1 aromatic carbocycles. The zero-order chi connectivity index (χ0) is 16.2. The van der Waals surface area contributed by atoms with Crippen molar-refractivity contribution in [3.63, 3.8) is 0 Å². The number of nitrogens with zero attached hydrogens (tertiary/aromatic N) is 1. The lowest BCUT2D eigenvalue weighted by molar-refractivity contribution is -0.0861. The van der Waals surface area contributed by atoms with E-state index in [1.54, 1.807) is 0 Å². The molecule has 114 valence electrons. The molecule has 0 spiro atoms. The Hall–Kier alpha value is -2.38. The van der Waals surface area contributed by atoms with Gasteiger partial charge in [-0.05, 0) is 25.1 Å². The number of carboxylic acid groups (broad SMARTS) is 1. The molecule has 0 aliphatic heterocycles. The molecule has 8 heteroatoms. The van der Waals surface area contributed by atoms with Crippen LogP contribution in [0.4, 0.5) is 17.6 Å². The second-order valence-corrected chi connectivity index (χ2v) is 3.93. The quantitative estimate of drug-likeness (QED) is 0.663. The van der Waals surface area contributed by atoms with E-state index in [4.69, 9.17) is 10.8 Å². The highest BCUT2D eigenvalue weighted by Crippen LogP contribution is 2.29. The Morgan fingerprint density at radius 1 is 1.33 bits per heavy atom. The highest BCUT2D eigenvalue weighted by molar-refractivity contribution is 6.14. The first-order valence-corrected chi connectivity index (χ1v) is 5.78. The van der Waals surface area contributed by atoms with E-state index in [1.165, 1.54) is 6.92 Å². The summed E-state index contributed by atoms with van der Waals surface area (Å²) in [5.41, 5.74) is 2.35. The summed E-state index contributed by atoms with van der Waals surface area (Å²) in [6.45, 7) is 1.48. The molecule has 1 rings (SSSR count). The van der Waals surface area contributed by atoms with E-state index in [2.05, 4.69) is 4.99 Å². The van der Waals surface area contributed by atoms with E-state index in [0.717, 1.165) is 12.1 Å². The number of allylic oxidation sites excluding steroid dienone is 1. The molecular weight excluding hydrogens is 292 g/mol. The highest BCUT2D eigenvalue weighted by atomic mass is 19.4.